The summed E-state index contributed by atoms with van der Waals surface area (Å²) in [5.41, 5.74) is 1.39. The van der Waals surface area contributed by atoms with Crippen LogP contribution in [-0.2, 0) is 0 Å². The lowest BCUT2D eigenvalue weighted by Crippen LogP contribution is -1.94. The highest BCUT2D eigenvalue weighted by Crippen LogP contribution is 2.21. The molecule has 1 aromatic carbocycles. The van der Waals surface area contributed by atoms with Crippen molar-refractivity contribution in [1.82, 2.24) is 0 Å². The van der Waals surface area contributed by atoms with Crippen LogP contribution in [-0.4, -0.2) is 5.78 Å². The molecule has 0 aliphatic rings. The van der Waals surface area contributed by atoms with Crippen LogP contribution in [0.25, 0.3) is 11.0 Å². The fourth-order valence-electron chi connectivity index (χ4n) is 1.43. The zero-order valence-corrected chi connectivity index (χ0v) is 7.69. The van der Waals surface area contributed by atoms with Gasteiger partial charge in [-0.1, -0.05) is 24.3 Å². The van der Waals surface area contributed by atoms with E-state index in [1.807, 2.05) is 24.3 Å². The first-order valence-electron chi connectivity index (χ1n) is 4.43. The van der Waals surface area contributed by atoms with E-state index < -0.39 is 0 Å². The minimum atomic E-state index is 0.0463. The van der Waals surface area contributed by atoms with Gasteiger partial charge in [-0.3, -0.25) is 4.79 Å². The first kappa shape index (κ1) is 8.75. The number of ketones is 1. The molecule has 0 aliphatic heterocycles. The van der Waals surface area contributed by atoms with Crippen molar-refractivity contribution >= 4 is 16.8 Å². The first-order valence-corrected chi connectivity index (χ1v) is 4.43. The second kappa shape index (κ2) is 3.50. The average Bonchev–Trinajstić information content (AvgIpc) is 2.61. The van der Waals surface area contributed by atoms with Gasteiger partial charge in [0.1, 0.15) is 11.8 Å². The molecule has 0 saturated carbocycles. The lowest BCUT2D eigenvalue weighted by atomic mass is 10.1. The molecule has 0 spiro atoms. The Hall–Kier alpha value is -1.83. The Morgan fingerprint density at radius 2 is 2.21 bits per heavy atom. The number of Topliss-reactive ketones (excluding diaryl/α,β-unsaturated/α-hetero) is 1. The molecule has 70 valence electrons. The van der Waals surface area contributed by atoms with Crippen LogP contribution in [0.4, 0.5) is 0 Å². The Bertz CT molecular complexity index is 480. The molecule has 2 nitrogen and oxygen atoms in total. The lowest BCUT2D eigenvalue weighted by molar-refractivity contribution is 0.0996. The van der Waals surface area contributed by atoms with Crippen LogP contribution in [0.2, 0.25) is 0 Å². The van der Waals surface area contributed by atoms with Gasteiger partial charge in [0.05, 0.1) is 5.56 Å². The third kappa shape index (κ3) is 1.35. The summed E-state index contributed by atoms with van der Waals surface area (Å²) < 4.78 is 5.26. The smallest absolute Gasteiger partial charge is 0.170 e. The zero-order valence-electron chi connectivity index (χ0n) is 7.69. The Labute approximate surface area is 81.8 Å². The largest absolute Gasteiger partial charge is 0.464 e. The molecule has 2 heteroatoms. The van der Waals surface area contributed by atoms with E-state index in [4.69, 9.17) is 4.42 Å². The van der Waals surface area contributed by atoms with Crippen molar-refractivity contribution in [2.75, 3.05) is 0 Å². The number of rotatable bonds is 3. The average molecular weight is 186 g/mol. The van der Waals surface area contributed by atoms with E-state index in [0.29, 0.717) is 12.0 Å². The number of furan rings is 1. The highest BCUT2D eigenvalue weighted by molar-refractivity contribution is 6.07. The summed E-state index contributed by atoms with van der Waals surface area (Å²) in [6.07, 6.45) is 3.46. The molecule has 0 unspecified atom stereocenters. The molecular formula is C12H10O2. The molecule has 14 heavy (non-hydrogen) atoms. The fraction of sp³-hybridized carbons (Fsp3) is 0.0833. The molecule has 2 aromatic rings. The molecule has 0 saturated heterocycles. The maximum Gasteiger partial charge on any atom is 0.170 e. The molecule has 1 heterocycles. The number of hydrogen-bond acceptors (Lipinski definition) is 2. The quantitative estimate of drug-likeness (QED) is 0.544. The second-order valence-corrected chi connectivity index (χ2v) is 3.06. The third-order valence-electron chi connectivity index (χ3n) is 2.11. The SMILES string of the molecule is C=CCC(=O)c1coc2ccccc12. The number of allylic oxidation sites excluding steroid dienone is 1. The van der Waals surface area contributed by atoms with Gasteiger partial charge in [-0.25, -0.2) is 0 Å². The summed E-state index contributed by atoms with van der Waals surface area (Å²) >= 11 is 0. The van der Waals surface area contributed by atoms with Crippen molar-refractivity contribution in [3.8, 4) is 0 Å². The molecular weight excluding hydrogens is 176 g/mol. The van der Waals surface area contributed by atoms with E-state index in [-0.39, 0.29) is 5.78 Å². The van der Waals surface area contributed by atoms with Gasteiger partial charge in [-0.05, 0) is 6.07 Å². The maximum absolute atomic E-state index is 11.6. The number of hydrogen-bond donors (Lipinski definition) is 0. The van der Waals surface area contributed by atoms with Crippen LogP contribution in [0.15, 0.2) is 47.6 Å². The normalized spacial score (nSPS) is 10.3. The van der Waals surface area contributed by atoms with Crippen molar-refractivity contribution in [3.05, 3.63) is 48.7 Å². The fourth-order valence-corrected chi connectivity index (χ4v) is 1.43. The molecule has 0 radical (unpaired) electrons. The van der Waals surface area contributed by atoms with E-state index in [1.165, 1.54) is 6.26 Å². The van der Waals surface area contributed by atoms with Gasteiger partial charge in [0.25, 0.3) is 0 Å². The number of carbonyl (C=O) groups excluding carboxylic acids is 1. The first-order chi connectivity index (χ1) is 6.83. The van der Waals surface area contributed by atoms with Crippen LogP contribution in [0.5, 0.6) is 0 Å². The minimum absolute atomic E-state index is 0.0463. The van der Waals surface area contributed by atoms with E-state index in [9.17, 15) is 4.79 Å². The molecule has 2 rings (SSSR count). The van der Waals surface area contributed by atoms with E-state index in [0.717, 1.165) is 11.0 Å². The van der Waals surface area contributed by atoms with Gasteiger partial charge < -0.3 is 4.42 Å². The lowest BCUT2D eigenvalue weighted by Gasteiger charge is -1.92. The summed E-state index contributed by atoms with van der Waals surface area (Å²) in [6, 6.07) is 7.51. The third-order valence-corrected chi connectivity index (χ3v) is 2.11. The Kier molecular flexibility index (Phi) is 2.19. The summed E-state index contributed by atoms with van der Waals surface area (Å²) in [7, 11) is 0. The predicted molar refractivity (Wildman–Crippen MR) is 55.4 cm³/mol. The topological polar surface area (TPSA) is 30.2 Å². The van der Waals surface area contributed by atoms with Gasteiger partial charge >= 0.3 is 0 Å². The molecule has 0 fully saturated rings. The minimum Gasteiger partial charge on any atom is -0.464 e. The number of fused-ring (bicyclic) bond motifs is 1. The Morgan fingerprint density at radius 3 is 3.00 bits per heavy atom. The van der Waals surface area contributed by atoms with Crippen LogP contribution in [0.3, 0.4) is 0 Å². The van der Waals surface area contributed by atoms with E-state index in [1.54, 1.807) is 6.08 Å². The van der Waals surface area contributed by atoms with Crippen molar-refractivity contribution < 1.29 is 9.21 Å². The van der Waals surface area contributed by atoms with Gasteiger partial charge in [0.15, 0.2) is 5.78 Å². The highest BCUT2D eigenvalue weighted by atomic mass is 16.3. The Balaban J connectivity index is 2.52. The number of benzene rings is 1. The van der Waals surface area contributed by atoms with Crippen LogP contribution < -0.4 is 0 Å². The second-order valence-electron chi connectivity index (χ2n) is 3.06. The number of carbonyl (C=O) groups is 1. The van der Waals surface area contributed by atoms with Crippen LogP contribution in [0, 0.1) is 0 Å². The Morgan fingerprint density at radius 1 is 1.43 bits per heavy atom. The van der Waals surface area contributed by atoms with Crippen LogP contribution in [0.1, 0.15) is 16.8 Å². The standard InChI is InChI=1S/C12H10O2/c1-2-5-11(13)10-8-14-12-7-4-3-6-9(10)12/h2-4,6-8H,1,5H2. The summed E-state index contributed by atoms with van der Waals surface area (Å²) in [6.45, 7) is 3.54. The molecule has 0 N–H and O–H groups in total. The summed E-state index contributed by atoms with van der Waals surface area (Å²) in [5.74, 6) is 0.0463. The monoisotopic (exact) mass is 186 g/mol. The van der Waals surface area contributed by atoms with Gasteiger partial charge in [-0.2, -0.15) is 0 Å². The van der Waals surface area contributed by atoms with Gasteiger partial charge in [-0.15, -0.1) is 6.58 Å². The van der Waals surface area contributed by atoms with E-state index >= 15 is 0 Å². The van der Waals surface area contributed by atoms with Crippen LogP contribution >= 0.6 is 0 Å². The van der Waals surface area contributed by atoms with Crippen molar-refractivity contribution in [2.45, 2.75) is 6.42 Å². The maximum atomic E-state index is 11.6. The highest BCUT2D eigenvalue weighted by Gasteiger charge is 2.11. The predicted octanol–water partition coefficient (Wildman–Crippen LogP) is 3.19. The molecule has 0 amide bonds. The zero-order chi connectivity index (χ0) is 9.97. The summed E-state index contributed by atoms with van der Waals surface area (Å²) in [4.78, 5) is 11.6. The van der Waals surface area contributed by atoms with Crippen molar-refractivity contribution in [2.24, 2.45) is 0 Å². The van der Waals surface area contributed by atoms with E-state index in [2.05, 4.69) is 6.58 Å². The molecule has 1 aromatic heterocycles. The number of para-hydroxylation sites is 1. The molecule has 0 atom stereocenters. The van der Waals surface area contributed by atoms with Gasteiger partial charge in [0.2, 0.25) is 0 Å². The van der Waals surface area contributed by atoms with Crippen molar-refractivity contribution in [3.63, 3.8) is 0 Å². The van der Waals surface area contributed by atoms with Crippen molar-refractivity contribution in [1.29, 1.82) is 0 Å². The molecule has 0 aliphatic carbocycles. The summed E-state index contributed by atoms with van der Waals surface area (Å²) in [5, 5.41) is 0.874. The molecule has 0 bridgehead atoms. The van der Waals surface area contributed by atoms with Gasteiger partial charge in [0, 0.05) is 11.8 Å².